The van der Waals surface area contributed by atoms with Crippen LogP contribution in [0.25, 0.3) is 0 Å². The maximum Gasteiger partial charge on any atom is 0.0345 e. The number of halogens is 1. The van der Waals surface area contributed by atoms with E-state index in [4.69, 9.17) is 0 Å². The number of hydrogen-bond donors (Lipinski definition) is 1. The molecule has 2 rings (SSSR count). The highest BCUT2D eigenvalue weighted by atomic mass is 79.9. The third-order valence-electron chi connectivity index (χ3n) is 3.05. The molecule has 0 bridgehead atoms. The van der Waals surface area contributed by atoms with Crippen LogP contribution >= 0.6 is 15.9 Å². The third kappa shape index (κ3) is 2.60. The maximum atomic E-state index is 3.57. The Morgan fingerprint density at radius 3 is 2.73 bits per heavy atom. The summed E-state index contributed by atoms with van der Waals surface area (Å²) in [7, 11) is 2.19. The molecule has 1 fully saturated rings. The second-order valence-corrected chi connectivity index (χ2v) is 5.17. The number of rotatable bonds is 3. The van der Waals surface area contributed by atoms with Crippen LogP contribution in [0.2, 0.25) is 0 Å². The molecule has 1 aromatic carbocycles. The lowest BCUT2D eigenvalue weighted by Gasteiger charge is -2.35. The quantitative estimate of drug-likeness (QED) is 0.904. The summed E-state index contributed by atoms with van der Waals surface area (Å²) in [5.74, 6) is 0. The molecule has 0 atom stereocenters. The number of benzene rings is 1. The van der Waals surface area contributed by atoms with Gasteiger partial charge in [0.2, 0.25) is 0 Å². The van der Waals surface area contributed by atoms with Crippen molar-refractivity contribution in [2.45, 2.75) is 19.5 Å². The van der Waals surface area contributed by atoms with Crippen molar-refractivity contribution in [1.29, 1.82) is 0 Å². The third-order valence-corrected chi connectivity index (χ3v) is 3.91. The Hall–Kier alpha value is -0.380. The van der Waals surface area contributed by atoms with Gasteiger partial charge in [-0.1, -0.05) is 28.1 Å². The first-order valence-corrected chi connectivity index (χ1v) is 6.12. The van der Waals surface area contributed by atoms with E-state index >= 15 is 0 Å². The predicted octanol–water partition coefficient (Wildman–Crippen LogP) is 2.16. The largest absolute Gasteiger partial charge is 0.314 e. The summed E-state index contributed by atoms with van der Waals surface area (Å²) in [6, 6.07) is 7.32. The van der Waals surface area contributed by atoms with Gasteiger partial charge in [0.15, 0.2) is 0 Å². The fourth-order valence-corrected chi connectivity index (χ4v) is 2.16. The average Bonchev–Trinajstić information content (AvgIpc) is 2.08. The first-order chi connectivity index (χ1) is 7.16. The van der Waals surface area contributed by atoms with Crippen LogP contribution in [0.1, 0.15) is 11.1 Å². The number of aryl methyl sites for hydroxylation is 1. The van der Waals surface area contributed by atoms with E-state index in [2.05, 4.69) is 58.3 Å². The Morgan fingerprint density at radius 2 is 2.20 bits per heavy atom. The van der Waals surface area contributed by atoms with E-state index in [1.807, 2.05) is 0 Å². The standard InChI is InChI=1S/C12H17BrN2/c1-9-3-4-10(5-12(9)13)8-15(2)11-6-14-7-11/h3-5,11,14H,6-8H2,1-2H3. The van der Waals surface area contributed by atoms with Gasteiger partial charge in [-0.2, -0.15) is 0 Å². The van der Waals surface area contributed by atoms with Gasteiger partial charge in [-0.05, 0) is 31.2 Å². The van der Waals surface area contributed by atoms with Gasteiger partial charge in [0, 0.05) is 30.1 Å². The van der Waals surface area contributed by atoms with Gasteiger partial charge in [-0.25, -0.2) is 0 Å². The normalized spacial score (nSPS) is 16.8. The Kier molecular flexibility index (Phi) is 3.44. The van der Waals surface area contributed by atoms with E-state index in [0.29, 0.717) is 6.04 Å². The van der Waals surface area contributed by atoms with Crippen molar-refractivity contribution in [3.63, 3.8) is 0 Å². The fourth-order valence-electron chi connectivity index (χ4n) is 1.74. The van der Waals surface area contributed by atoms with Crippen LogP contribution in [0.3, 0.4) is 0 Å². The molecule has 0 aromatic heterocycles. The second kappa shape index (κ2) is 4.64. The number of likely N-dealkylation sites (N-methyl/N-ethyl adjacent to an activating group) is 1. The van der Waals surface area contributed by atoms with Crippen molar-refractivity contribution in [2.75, 3.05) is 20.1 Å². The van der Waals surface area contributed by atoms with Crippen LogP contribution in [-0.2, 0) is 6.54 Å². The van der Waals surface area contributed by atoms with Crippen molar-refractivity contribution < 1.29 is 0 Å². The molecule has 1 saturated heterocycles. The second-order valence-electron chi connectivity index (χ2n) is 4.31. The summed E-state index contributed by atoms with van der Waals surface area (Å²) in [6.07, 6.45) is 0. The van der Waals surface area contributed by atoms with E-state index in [-0.39, 0.29) is 0 Å². The highest BCUT2D eigenvalue weighted by molar-refractivity contribution is 9.10. The molecule has 0 spiro atoms. The maximum absolute atomic E-state index is 3.57. The number of nitrogens with zero attached hydrogens (tertiary/aromatic N) is 1. The molecule has 0 unspecified atom stereocenters. The topological polar surface area (TPSA) is 15.3 Å². The van der Waals surface area contributed by atoms with Crippen molar-refractivity contribution >= 4 is 15.9 Å². The first-order valence-electron chi connectivity index (χ1n) is 5.33. The fraction of sp³-hybridized carbons (Fsp3) is 0.500. The molecule has 82 valence electrons. The van der Waals surface area contributed by atoms with E-state index in [1.54, 1.807) is 0 Å². The molecule has 0 aliphatic carbocycles. The van der Waals surface area contributed by atoms with E-state index < -0.39 is 0 Å². The van der Waals surface area contributed by atoms with Crippen molar-refractivity contribution in [2.24, 2.45) is 0 Å². The summed E-state index contributed by atoms with van der Waals surface area (Å²) in [5, 5.41) is 3.30. The van der Waals surface area contributed by atoms with Gasteiger partial charge in [0.1, 0.15) is 0 Å². The number of hydrogen-bond acceptors (Lipinski definition) is 2. The zero-order valence-electron chi connectivity index (χ0n) is 9.26. The van der Waals surface area contributed by atoms with E-state index in [9.17, 15) is 0 Å². The highest BCUT2D eigenvalue weighted by Crippen LogP contribution is 2.19. The lowest BCUT2D eigenvalue weighted by molar-refractivity contribution is 0.173. The molecule has 0 radical (unpaired) electrons. The molecule has 1 heterocycles. The van der Waals surface area contributed by atoms with Crippen molar-refractivity contribution in [3.05, 3.63) is 33.8 Å². The van der Waals surface area contributed by atoms with Gasteiger partial charge in [0.25, 0.3) is 0 Å². The first kappa shape index (κ1) is 11.1. The SMILES string of the molecule is Cc1ccc(CN(C)C2CNC2)cc1Br. The molecular weight excluding hydrogens is 252 g/mol. The summed E-state index contributed by atoms with van der Waals surface area (Å²) in [5.41, 5.74) is 2.67. The molecule has 3 heteroatoms. The molecule has 0 saturated carbocycles. The van der Waals surface area contributed by atoms with Crippen LogP contribution in [0.5, 0.6) is 0 Å². The Morgan fingerprint density at radius 1 is 1.47 bits per heavy atom. The summed E-state index contributed by atoms with van der Waals surface area (Å²) in [6.45, 7) is 5.41. The van der Waals surface area contributed by atoms with Crippen molar-refractivity contribution in [3.8, 4) is 0 Å². The van der Waals surface area contributed by atoms with Gasteiger partial charge in [0.05, 0.1) is 0 Å². The van der Waals surface area contributed by atoms with Crippen LogP contribution in [0.15, 0.2) is 22.7 Å². The Labute approximate surface area is 99.8 Å². The summed E-state index contributed by atoms with van der Waals surface area (Å²) in [4.78, 5) is 2.41. The molecule has 1 aliphatic rings. The molecule has 15 heavy (non-hydrogen) atoms. The minimum absolute atomic E-state index is 0.713. The smallest absolute Gasteiger partial charge is 0.0345 e. The minimum Gasteiger partial charge on any atom is -0.314 e. The lowest BCUT2D eigenvalue weighted by Crippen LogP contribution is -2.55. The molecule has 2 nitrogen and oxygen atoms in total. The minimum atomic E-state index is 0.713. The van der Waals surface area contributed by atoms with Crippen molar-refractivity contribution in [1.82, 2.24) is 10.2 Å². The zero-order chi connectivity index (χ0) is 10.8. The predicted molar refractivity (Wildman–Crippen MR) is 67.0 cm³/mol. The van der Waals surface area contributed by atoms with E-state index in [1.165, 1.54) is 15.6 Å². The molecule has 1 N–H and O–H groups in total. The molecular formula is C12H17BrN2. The summed E-state index contributed by atoms with van der Waals surface area (Å²) < 4.78 is 1.21. The van der Waals surface area contributed by atoms with E-state index in [0.717, 1.165) is 19.6 Å². The summed E-state index contributed by atoms with van der Waals surface area (Å²) >= 11 is 3.57. The average molecular weight is 269 g/mol. The van der Waals surface area contributed by atoms with Crippen LogP contribution in [0, 0.1) is 6.92 Å². The Bertz CT molecular complexity index is 347. The lowest BCUT2D eigenvalue weighted by atomic mass is 10.1. The van der Waals surface area contributed by atoms with Crippen LogP contribution in [-0.4, -0.2) is 31.1 Å². The van der Waals surface area contributed by atoms with Gasteiger partial charge < -0.3 is 5.32 Å². The molecule has 1 aromatic rings. The van der Waals surface area contributed by atoms with Gasteiger partial charge in [-0.15, -0.1) is 0 Å². The van der Waals surface area contributed by atoms with Gasteiger partial charge in [-0.3, -0.25) is 4.90 Å². The molecule has 0 amide bonds. The van der Waals surface area contributed by atoms with Gasteiger partial charge >= 0.3 is 0 Å². The zero-order valence-corrected chi connectivity index (χ0v) is 10.8. The highest BCUT2D eigenvalue weighted by Gasteiger charge is 2.21. The Balaban J connectivity index is 2.00. The monoisotopic (exact) mass is 268 g/mol. The number of nitrogens with one attached hydrogen (secondary N) is 1. The van der Waals surface area contributed by atoms with Crippen LogP contribution in [0.4, 0.5) is 0 Å². The molecule has 1 aliphatic heterocycles. The van der Waals surface area contributed by atoms with Crippen LogP contribution < -0.4 is 5.32 Å².